The van der Waals surface area contributed by atoms with Crippen molar-refractivity contribution in [2.45, 2.75) is 6.92 Å². The van der Waals surface area contributed by atoms with Crippen LogP contribution in [-0.2, 0) is 0 Å². The lowest BCUT2D eigenvalue weighted by Gasteiger charge is -1.98. The van der Waals surface area contributed by atoms with Crippen molar-refractivity contribution in [3.05, 3.63) is 29.4 Å². The Kier molecular flexibility index (Phi) is 1.76. The van der Waals surface area contributed by atoms with Crippen LogP contribution in [0.2, 0.25) is 0 Å². The van der Waals surface area contributed by atoms with Gasteiger partial charge in [-0.15, -0.1) is 0 Å². The van der Waals surface area contributed by atoms with Crippen molar-refractivity contribution in [3.8, 4) is 0 Å². The molecule has 1 aromatic rings. The first-order valence-corrected chi connectivity index (χ1v) is 3.09. The number of nitrogens with one attached hydrogen (secondary N) is 1. The van der Waals surface area contributed by atoms with Crippen molar-refractivity contribution < 1.29 is 10.0 Å². The molecule has 4 nitrogen and oxygen atoms in total. The van der Waals surface area contributed by atoms with Crippen LogP contribution in [0.5, 0.6) is 0 Å². The van der Waals surface area contributed by atoms with Crippen LogP contribution in [-0.4, -0.2) is 15.7 Å². The Labute approximate surface area is 63.2 Å². The third-order valence-corrected chi connectivity index (χ3v) is 1.34. The molecule has 0 unspecified atom stereocenters. The van der Waals surface area contributed by atoms with Crippen molar-refractivity contribution in [1.82, 2.24) is 4.73 Å². The molecule has 0 spiro atoms. The molecule has 0 amide bonds. The fourth-order valence-corrected chi connectivity index (χ4v) is 0.698. The van der Waals surface area contributed by atoms with Gasteiger partial charge in [-0.3, -0.25) is 10.2 Å². The predicted octanol–water partition coefficient (Wildman–Crippen LogP) is 0.407. The fraction of sp³-hybridized carbons (Fsp3) is 0.143. The summed E-state index contributed by atoms with van der Waals surface area (Å²) in [4.78, 5) is 10.7. The number of hydrogen-bond donors (Lipinski definition) is 2. The second-order valence-electron chi connectivity index (χ2n) is 2.20. The number of hydrogen-bond acceptors (Lipinski definition) is 3. The molecule has 1 heterocycles. The summed E-state index contributed by atoms with van der Waals surface area (Å²) in [6.45, 7) is 1.40. The van der Waals surface area contributed by atoms with E-state index in [-0.39, 0.29) is 11.3 Å². The summed E-state index contributed by atoms with van der Waals surface area (Å²) in [5, 5.41) is 16.0. The van der Waals surface area contributed by atoms with Crippen LogP contribution in [0.25, 0.3) is 0 Å². The molecule has 11 heavy (non-hydrogen) atoms. The van der Waals surface area contributed by atoms with Crippen molar-refractivity contribution in [2.24, 2.45) is 0 Å². The molecule has 58 valence electrons. The van der Waals surface area contributed by atoms with Crippen LogP contribution in [0.15, 0.2) is 18.3 Å². The molecule has 0 aliphatic carbocycles. The second kappa shape index (κ2) is 2.57. The zero-order valence-electron chi connectivity index (χ0n) is 6.03. The molecular weight excluding hydrogens is 144 g/mol. The number of pyridine rings is 1. The summed E-state index contributed by atoms with van der Waals surface area (Å²) in [5.41, 5.74) is 0.346. The van der Waals surface area contributed by atoms with Gasteiger partial charge in [0.1, 0.15) is 0 Å². The quantitative estimate of drug-likeness (QED) is 0.452. The summed E-state index contributed by atoms with van der Waals surface area (Å²) < 4.78 is 0.608. The van der Waals surface area contributed by atoms with Crippen LogP contribution in [0.1, 0.15) is 17.3 Å². The van der Waals surface area contributed by atoms with Crippen LogP contribution in [0.4, 0.5) is 0 Å². The molecule has 0 atom stereocenters. The van der Waals surface area contributed by atoms with E-state index in [1.165, 1.54) is 25.3 Å². The van der Waals surface area contributed by atoms with Gasteiger partial charge in [0.05, 0.1) is 6.20 Å². The Morgan fingerprint density at radius 2 is 2.27 bits per heavy atom. The van der Waals surface area contributed by atoms with E-state index in [0.717, 1.165) is 0 Å². The highest BCUT2D eigenvalue weighted by Crippen LogP contribution is 1.94. The molecule has 0 fully saturated rings. The molecule has 0 radical (unpaired) electrons. The SMILES string of the molecule is CC(=O)c1ccc(=N)n(O)c1. The molecule has 0 bridgehead atoms. The van der Waals surface area contributed by atoms with Gasteiger partial charge in [0.15, 0.2) is 11.3 Å². The molecule has 0 saturated heterocycles. The van der Waals surface area contributed by atoms with Crippen LogP contribution in [0, 0.1) is 5.41 Å². The number of carbonyl (C=O) groups is 1. The maximum Gasteiger partial charge on any atom is 0.161 e. The summed E-state index contributed by atoms with van der Waals surface area (Å²) in [7, 11) is 0. The number of aromatic nitrogens is 1. The molecule has 0 saturated carbocycles. The van der Waals surface area contributed by atoms with Gasteiger partial charge in [-0.2, -0.15) is 4.73 Å². The molecule has 1 aromatic heterocycles. The largest absolute Gasteiger partial charge is 0.427 e. The standard InChI is InChI=1S/C7H8N2O2/c1-5(10)6-2-3-7(8)9(11)4-6/h2-4,8,11H,1H3. The minimum absolute atomic E-state index is 0.0463. The zero-order valence-corrected chi connectivity index (χ0v) is 6.03. The molecular formula is C7H8N2O2. The van der Waals surface area contributed by atoms with Crippen molar-refractivity contribution in [1.29, 1.82) is 5.41 Å². The first-order valence-electron chi connectivity index (χ1n) is 3.09. The third kappa shape index (κ3) is 1.46. The maximum absolute atomic E-state index is 10.7. The molecule has 0 aliphatic rings. The van der Waals surface area contributed by atoms with Gasteiger partial charge < -0.3 is 5.21 Å². The van der Waals surface area contributed by atoms with Crippen molar-refractivity contribution in [3.63, 3.8) is 0 Å². The van der Waals surface area contributed by atoms with Gasteiger partial charge in [-0.05, 0) is 19.1 Å². The average Bonchev–Trinajstić information content (AvgIpc) is 1.94. The van der Waals surface area contributed by atoms with E-state index in [4.69, 9.17) is 10.6 Å². The highest BCUT2D eigenvalue weighted by molar-refractivity contribution is 5.93. The van der Waals surface area contributed by atoms with E-state index in [9.17, 15) is 4.79 Å². The van der Waals surface area contributed by atoms with E-state index in [1.807, 2.05) is 0 Å². The second-order valence-corrected chi connectivity index (χ2v) is 2.20. The summed E-state index contributed by atoms with van der Waals surface area (Å²) >= 11 is 0. The Hall–Kier alpha value is -1.58. The normalized spacial score (nSPS) is 9.55. The van der Waals surface area contributed by atoms with Crippen LogP contribution in [0.3, 0.4) is 0 Å². The van der Waals surface area contributed by atoms with E-state index in [2.05, 4.69) is 0 Å². The minimum Gasteiger partial charge on any atom is -0.427 e. The summed E-state index contributed by atoms with van der Waals surface area (Å²) in [6, 6.07) is 2.86. The lowest BCUT2D eigenvalue weighted by atomic mass is 10.2. The van der Waals surface area contributed by atoms with Crippen molar-refractivity contribution >= 4 is 5.78 Å². The Bertz CT molecular complexity index is 341. The molecule has 2 N–H and O–H groups in total. The van der Waals surface area contributed by atoms with E-state index < -0.39 is 0 Å². The van der Waals surface area contributed by atoms with Crippen LogP contribution < -0.4 is 5.49 Å². The number of carbonyl (C=O) groups excluding carboxylic acids is 1. The molecule has 0 aromatic carbocycles. The number of Topliss-reactive ketones (excluding diaryl/α,β-unsaturated/α-hetero) is 1. The topological polar surface area (TPSA) is 66.1 Å². The smallest absolute Gasteiger partial charge is 0.161 e. The average molecular weight is 152 g/mol. The van der Waals surface area contributed by atoms with Gasteiger partial charge in [-0.25, -0.2) is 0 Å². The Balaban J connectivity index is 3.26. The van der Waals surface area contributed by atoms with Crippen LogP contribution >= 0.6 is 0 Å². The van der Waals surface area contributed by atoms with E-state index in [0.29, 0.717) is 10.3 Å². The van der Waals surface area contributed by atoms with Crippen molar-refractivity contribution in [2.75, 3.05) is 0 Å². The van der Waals surface area contributed by atoms with E-state index in [1.54, 1.807) is 0 Å². The Morgan fingerprint density at radius 1 is 1.64 bits per heavy atom. The van der Waals surface area contributed by atoms with Gasteiger partial charge in [-0.1, -0.05) is 0 Å². The maximum atomic E-state index is 10.7. The first kappa shape index (κ1) is 7.53. The molecule has 0 aliphatic heterocycles. The zero-order chi connectivity index (χ0) is 8.43. The monoisotopic (exact) mass is 152 g/mol. The molecule has 4 heteroatoms. The predicted molar refractivity (Wildman–Crippen MR) is 37.5 cm³/mol. The van der Waals surface area contributed by atoms with E-state index >= 15 is 0 Å². The summed E-state index contributed by atoms with van der Waals surface area (Å²) in [5.74, 6) is -0.132. The molecule has 1 rings (SSSR count). The number of rotatable bonds is 1. The fourth-order valence-electron chi connectivity index (χ4n) is 0.698. The van der Waals surface area contributed by atoms with Gasteiger partial charge >= 0.3 is 0 Å². The highest BCUT2D eigenvalue weighted by atomic mass is 16.5. The lowest BCUT2D eigenvalue weighted by molar-refractivity contribution is 0.101. The first-order chi connectivity index (χ1) is 5.11. The number of nitrogens with zero attached hydrogens (tertiary/aromatic N) is 1. The Morgan fingerprint density at radius 3 is 2.73 bits per heavy atom. The third-order valence-electron chi connectivity index (χ3n) is 1.34. The number of ketones is 1. The van der Waals surface area contributed by atoms with Gasteiger partial charge in [0.25, 0.3) is 0 Å². The minimum atomic E-state index is -0.132. The summed E-state index contributed by atoms with van der Waals surface area (Å²) in [6.07, 6.45) is 1.21. The lowest BCUT2D eigenvalue weighted by Crippen LogP contribution is -2.17. The van der Waals surface area contributed by atoms with Gasteiger partial charge in [0.2, 0.25) is 0 Å². The highest BCUT2D eigenvalue weighted by Gasteiger charge is 1.98. The van der Waals surface area contributed by atoms with Gasteiger partial charge in [0, 0.05) is 5.56 Å².